The van der Waals surface area contributed by atoms with E-state index in [4.69, 9.17) is 4.74 Å². The third-order valence-electron chi connectivity index (χ3n) is 3.98. The van der Waals surface area contributed by atoms with Gasteiger partial charge in [0.05, 0.1) is 12.8 Å². The van der Waals surface area contributed by atoms with E-state index in [2.05, 4.69) is 20.7 Å². The topological polar surface area (TPSA) is 81.4 Å². The van der Waals surface area contributed by atoms with Crippen molar-refractivity contribution in [3.63, 3.8) is 0 Å². The van der Waals surface area contributed by atoms with Crippen LogP contribution in [0.5, 0.6) is 5.75 Å². The van der Waals surface area contributed by atoms with Crippen molar-refractivity contribution in [3.8, 4) is 17.1 Å². The minimum absolute atomic E-state index is 0.154. The molecule has 2 aromatic carbocycles. The number of hydrazone groups is 1. The highest BCUT2D eigenvalue weighted by atomic mass is 32.2. The Labute approximate surface area is 167 Å². The Morgan fingerprint density at radius 2 is 1.93 bits per heavy atom. The lowest BCUT2D eigenvalue weighted by atomic mass is 10.2. The first-order chi connectivity index (χ1) is 13.5. The quantitative estimate of drug-likeness (QED) is 0.295. The molecule has 0 radical (unpaired) electrons. The molecule has 0 spiro atoms. The maximum atomic E-state index is 12.0. The highest BCUT2D eigenvalue weighted by Gasteiger charge is 2.16. The minimum atomic E-state index is -0.154. The van der Waals surface area contributed by atoms with E-state index in [1.165, 1.54) is 18.7 Å². The fourth-order valence-electron chi connectivity index (χ4n) is 2.49. The first-order valence-corrected chi connectivity index (χ1v) is 9.42. The molecular weight excluding hydrogens is 374 g/mol. The lowest BCUT2D eigenvalue weighted by molar-refractivity contribution is -0.110. The normalized spacial score (nSPS) is 11.4. The molecule has 0 fully saturated rings. The van der Waals surface area contributed by atoms with Gasteiger partial charge in [-0.3, -0.25) is 10.2 Å². The summed E-state index contributed by atoms with van der Waals surface area (Å²) in [7, 11) is 3.48. The number of hydrogen-bond donors (Lipinski definition) is 1. The highest BCUT2D eigenvalue weighted by Crippen LogP contribution is 2.25. The highest BCUT2D eigenvalue weighted by molar-refractivity contribution is 8.15. The lowest BCUT2D eigenvalue weighted by Gasteiger charge is -2.06. The number of aryl methyl sites for hydroxylation is 1. The van der Waals surface area contributed by atoms with Gasteiger partial charge in [-0.2, -0.15) is 5.10 Å². The second-order valence-corrected chi connectivity index (χ2v) is 7.11. The minimum Gasteiger partial charge on any atom is -0.497 e. The largest absolute Gasteiger partial charge is 0.497 e. The number of methoxy groups -OCH3 is 1. The average molecular weight is 395 g/mol. The third kappa shape index (κ3) is 4.58. The lowest BCUT2D eigenvalue weighted by Crippen LogP contribution is -2.09. The van der Waals surface area contributed by atoms with Crippen LogP contribution in [-0.4, -0.2) is 32.7 Å². The number of benzene rings is 2. The Hall–Kier alpha value is -3.13. The van der Waals surface area contributed by atoms with E-state index in [0.29, 0.717) is 16.0 Å². The summed E-state index contributed by atoms with van der Waals surface area (Å²) in [5.41, 5.74) is 5.76. The molecule has 1 N–H and O–H groups in total. The number of anilines is 1. The summed E-state index contributed by atoms with van der Waals surface area (Å²) in [5, 5.41) is 13.6. The standard InChI is InChI=1S/C20H21N5O2S/c1-13-6-5-7-16(12-13)21-23-19(14(2)26)28-20-24-22-18(25(20)3)15-8-10-17(27-4)11-9-15/h5-12,21H,1-4H3/b23-19+. The number of hydrogen-bond acceptors (Lipinski definition) is 7. The Bertz CT molecular complexity index is 1010. The van der Waals surface area contributed by atoms with Gasteiger partial charge in [0.15, 0.2) is 21.8 Å². The first-order valence-electron chi connectivity index (χ1n) is 8.61. The Balaban J connectivity index is 1.81. The van der Waals surface area contributed by atoms with Gasteiger partial charge in [0.1, 0.15) is 5.75 Å². The Kier molecular flexibility index (Phi) is 6.10. The molecule has 1 heterocycles. The predicted octanol–water partition coefficient (Wildman–Crippen LogP) is 3.91. The molecule has 0 saturated carbocycles. The van der Waals surface area contributed by atoms with E-state index in [0.717, 1.165) is 22.6 Å². The molecule has 144 valence electrons. The van der Waals surface area contributed by atoms with Crippen molar-refractivity contribution in [1.82, 2.24) is 14.8 Å². The van der Waals surface area contributed by atoms with Crippen molar-refractivity contribution in [2.24, 2.45) is 12.1 Å². The molecule has 0 atom stereocenters. The van der Waals surface area contributed by atoms with Crippen LogP contribution in [0.4, 0.5) is 5.69 Å². The SMILES string of the molecule is COc1ccc(-c2nnc(S/C(=N/Nc3cccc(C)c3)C(C)=O)n2C)cc1. The molecule has 0 aliphatic heterocycles. The molecule has 3 rings (SSSR count). The van der Waals surface area contributed by atoms with Gasteiger partial charge in [0.25, 0.3) is 0 Å². The van der Waals surface area contributed by atoms with Crippen LogP contribution in [0.25, 0.3) is 11.4 Å². The van der Waals surface area contributed by atoms with E-state index in [1.54, 1.807) is 7.11 Å². The molecule has 0 saturated heterocycles. The van der Waals surface area contributed by atoms with Crippen LogP contribution in [0.2, 0.25) is 0 Å². The number of Topliss-reactive ketones (excluding diaryl/α,β-unsaturated/α-hetero) is 1. The molecule has 0 aliphatic rings. The van der Waals surface area contributed by atoms with Crippen LogP contribution in [0.3, 0.4) is 0 Å². The molecule has 0 unspecified atom stereocenters. The zero-order chi connectivity index (χ0) is 20.1. The van der Waals surface area contributed by atoms with E-state index >= 15 is 0 Å². The number of carbonyl (C=O) groups is 1. The number of ketones is 1. The number of rotatable bonds is 6. The summed E-state index contributed by atoms with van der Waals surface area (Å²) < 4.78 is 7.01. The Morgan fingerprint density at radius 3 is 2.57 bits per heavy atom. The molecule has 28 heavy (non-hydrogen) atoms. The summed E-state index contributed by atoms with van der Waals surface area (Å²) in [4.78, 5) is 12.0. The summed E-state index contributed by atoms with van der Waals surface area (Å²) in [5.74, 6) is 1.31. The van der Waals surface area contributed by atoms with E-state index < -0.39 is 0 Å². The molecule has 0 aliphatic carbocycles. The second kappa shape index (κ2) is 8.71. The van der Waals surface area contributed by atoms with Crippen molar-refractivity contribution < 1.29 is 9.53 Å². The first kappa shape index (κ1) is 19.6. The summed E-state index contributed by atoms with van der Waals surface area (Å²) in [6.07, 6.45) is 0. The van der Waals surface area contributed by atoms with Crippen molar-refractivity contribution in [1.29, 1.82) is 0 Å². The number of nitrogens with zero attached hydrogens (tertiary/aromatic N) is 4. The zero-order valence-corrected chi connectivity index (χ0v) is 16.9. The average Bonchev–Trinajstić information content (AvgIpc) is 3.05. The number of thioether (sulfide) groups is 1. The van der Waals surface area contributed by atoms with Crippen molar-refractivity contribution in [2.75, 3.05) is 12.5 Å². The summed E-state index contributed by atoms with van der Waals surface area (Å²) in [6, 6.07) is 15.3. The second-order valence-electron chi connectivity index (χ2n) is 6.15. The van der Waals surface area contributed by atoms with Gasteiger partial charge >= 0.3 is 0 Å². The Morgan fingerprint density at radius 1 is 1.18 bits per heavy atom. The van der Waals surface area contributed by atoms with Gasteiger partial charge in [-0.1, -0.05) is 12.1 Å². The van der Waals surface area contributed by atoms with Gasteiger partial charge in [0.2, 0.25) is 0 Å². The molecule has 7 nitrogen and oxygen atoms in total. The molecule has 8 heteroatoms. The number of aromatic nitrogens is 3. The number of carbonyl (C=O) groups excluding carboxylic acids is 1. The van der Waals surface area contributed by atoms with Crippen LogP contribution in [-0.2, 0) is 11.8 Å². The monoisotopic (exact) mass is 395 g/mol. The maximum Gasteiger partial charge on any atom is 0.197 e. The van der Waals surface area contributed by atoms with Crippen molar-refractivity contribution in [2.45, 2.75) is 19.0 Å². The number of nitrogens with one attached hydrogen (secondary N) is 1. The van der Waals surface area contributed by atoms with Crippen LogP contribution in [0.15, 0.2) is 58.8 Å². The fourth-order valence-corrected chi connectivity index (χ4v) is 3.20. The zero-order valence-electron chi connectivity index (χ0n) is 16.1. The smallest absolute Gasteiger partial charge is 0.197 e. The van der Waals surface area contributed by atoms with Gasteiger partial charge in [-0.25, -0.2) is 0 Å². The van der Waals surface area contributed by atoms with Gasteiger partial charge in [0, 0.05) is 19.5 Å². The van der Waals surface area contributed by atoms with Crippen molar-refractivity contribution in [3.05, 3.63) is 54.1 Å². The van der Waals surface area contributed by atoms with Gasteiger partial charge in [-0.05, 0) is 60.6 Å². The molecule has 3 aromatic rings. The van der Waals surface area contributed by atoms with Crippen LogP contribution in [0.1, 0.15) is 12.5 Å². The summed E-state index contributed by atoms with van der Waals surface area (Å²) in [6.45, 7) is 3.47. The van der Waals surface area contributed by atoms with Gasteiger partial charge < -0.3 is 9.30 Å². The van der Waals surface area contributed by atoms with Crippen LogP contribution in [0, 0.1) is 6.92 Å². The molecule has 1 aromatic heterocycles. The van der Waals surface area contributed by atoms with E-state index in [-0.39, 0.29) is 5.78 Å². The maximum absolute atomic E-state index is 12.0. The van der Waals surface area contributed by atoms with E-state index in [1.807, 2.05) is 67.1 Å². The van der Waals surface area contributed by atoms with Gasteiger partial charge in [-0.15, -0.1) is 10.2 Å². The molecular formula is C20H21N5O2S. The molecule has 0 bridgehead atoms. The third-order valence-corrected chi connectivity index (χ3v) is 5.09. The predicted molar refractivity (Wildman–Crippen MR) is 112 cm³/mol. The fraction of sp³-hybridized carbons (Fsp3) is 0.200. The number of ether oxygens (including phenoxy) is 1. The summed E-state index contributed by atoms with van der Waals surface area (Å²) >= 11 is 1.17. The van der Waals surface area contributed by atoms with E-state index in [9.17, 15) is 4.79 Å². The van der Waals surface area contributed by atoms with Crippen LogP contribution >= 0.6 is 11.8 Å². The van der Waals surface area contributed by atoms with Crippen LogP contribution < -0.4 is 10.2 Å². The molecule has 0 amide bonds. The van der Waals surface area contributed by atoms with Crippen molar-refractivity contribution >= 4 is 28.3 Å².